The van der Waals surface area contributed by atoms with Crippen molar-refractivity contribution in [3.63, 3.8) is 0 Å². The summed E-state index contributed by atoms with van der Waals surface area (Å²) in [5.41, 5.74) is 4.86. The first-order valence-electron chi connectivity index (χ1n) is 17.8. The number of carboxylic acids is 1. The Morgan fingerprint density at radius 3 is 2.71 bits per heavy atom. The van der Waals surface area contributed by atoms with Crippen LogP contribution in [0.1, 0.15) is 60.9 Å². The molecule has 1 saturated heterocycles. The number of benzene rings is 2. The average molecular weight is 674 g/mol. The standard InChI is InChI=1S/C39H48ClN3O5/c40-31-6-3-7-32(25-31)42-39(37(44)45)14-12-38(13-15-39)30(24-29-5-1-2-9-34(29)38)23-28(26-47-22-19-43-17-20-46-21-18-43)27-48-36-11-16-41-35-10-4-8-33(35)36/h1-3,5-7,9,11,16,25,28,30,42H,4,8,10,12-15,17-24,26-27H2,(H,44,45). The lowest BCUT2D eigenvalue weighted by molar-refractivity contribution is -0.144. The van der Waals surface area contributed by atoms with E-state index in [9.17, 15) is 9.90 Å². The molecule has 0 radical (unpaired) electrons. The van der Waals surface area contributed by atoms with Crippen molar-refractivity contribution in [2.24, 2.45) is 11.8 Å². The number of anilines is 1. The first-order chi connectivity index (χ1) is 23.4. The predicted octanol–water partition coefficient (Wildman–Crippen LogP) is 6.58. The molecule has 2 heterocycles. The largest absolute Gasteiger partial charge is 0.493 e. The van der Waals surface area contributed by atoms with Crippen molar-refractivity contribution >= 4 is 23.3 Å². The molecule has 3 aliphatic carbocycles. The van der Waals surface area contributed by atoms with Gasteiger partial charge in [0.15, 0.2) is 0 Å². The Morgan fingerprint density at radius 1 is 1.06 bits per heavy atom. The van der Waals surface area contributed by atoms with Crippen LogP contribution >= 0.6 is 11.6 Å². The van der Waals surface area contributed by atoms with E-state index in [0.717, 1.165) is 89.2 Å². The highest BCUT2D eigenvalue weighted by molar-refractivity contribution is 6.30. The van der Waals surface area contributed by atoms with E-state index >= 15 is 0 Å². The summed E-state index contributed by atoms with van der Waals surface area (Å²) in [4.78, 5) is 19.9. The fraction of sp³-hybridized carbons (Fsp3) is 0.538. The zero-order valence-corrected chi connectivity index (χ0v) is 28.6. The number of hydrogen-bond donors (Lipinski definition) is 2. The first kappa shape index (κ1) is 33.3. The van der Waals surface area contributed by atoms with Crippen molar-refractivity contribution in [1.29, 1.82) is 0 Å². The first-order valence-corrected chi connectivity index (χ1v) is 18.1. The van der Waals surface area contributed by atoms with E-state index in [-0.39, 0.29) is 11.3 Å². The minimum absolute atomic E-state index is 0.0878. The van der Waals surface area contributed by atoms with Crippen LogP contribution in [0.2, 0.25) is 5.02 Å². The lowest BCUT2D eigenvalue weighted by atomic mass is 9.59. The molecule has 1 aliphatic heterocycles. The van der Waals surface area contributed by atoms with E-state index < -0.39 is 11.5 Å². The second-order valence-electron chi connectivity index (χ2n) is 14.3. The molecule has 7 rings (SSSR count). The third-order valence-corrected chi connectivity index (χ3v) is 11.7. The summed E-state index contributed by atoms with van der Waals surface area (Å²) >= 11 is 6.27. The number of aliphatic carboxylic acids is 1. The van der Waals surface area contributed by atoms with Crippen molar-refractivity contribution < 1.29 is 24.1 Å². The van der Waals surface area contributed by atoms with Gasteiger partial charge in [-0.15, -0.1) is 0 Å². The van der Waals surface area contributed by atoms with E-state index in [4.69, 9.17) is 25.8 Å². The highest BCUT2D eigenvalue weighted by Crippen LogP contribution is 2.56. The number of carboxylic acid groups (broad SMARTS) is 1. The summed E-state index contributed by atoms with van der Waals surface area (Å²) in [7, 11) is 0. The maximum atomic E-state index is 12.9. The third kappa shape index (κ3) is 7.09. The SMILES string of the molecule is O=C(O)C1(Nc2cccc(Cl)c2)CCC2(CC1)c1ccccc1CC2CC(COCCN1CCOCC1)COc1ccnc2c1CCC2. The van der Waals surface area contributed by atoms with Crippen LogP contribution in [0.5, 0.6) is 5.75 Å². The van der Waals surface area contributed by atoms with E-state index in [0.29, 0.717) is 43.6 Å². The number of pyridine rings is 1. The second-order valence-corrected chi connectivity index (χ2v) is 14.7. The molecule has 9 heteroatoms. The molecule has 0 amide bonds. The van der Waals surface area contributed by atoms with Crippen LogP contribution in [0, 0.1) is 11.8 Å². The van der Waals surface area contributed by atoms with Gasteiger partial charge in [-0.3, -0.25) is 9.88 Å². The summed E-state index contributed by atoms with van der Waals surface area (Å²) in [6, 6.07) is 18.2. The number of nitrogens with zero attached hydrogens (tertiary/aromatic N) is 2. The van der Waals surface area contributed by atoms with Crippen molar-refractivity contribution in [1.82, 2.24) is 9.88 Å². The Kier molecular flexibility index (Phi) is 10.2. The fourth-order valence-electron chi connectivity index (χ4n) is 8.84. The Labute approximate surface area is 289 Å². The van der Waals surface area contributed by atoms with Crippen LogP contribution in [0.4, 0.5) is 5.69 Å². The number of hydrogen-bond acceptors (Lipinski definition) is 7. The van der Waals surface area contributed by atoms with Crippen LogP contribution in [0.25, 0.3) is 0 Å². The molecule has 3 aromatic rings. The molecule has 0 bridgehead atoms. The number of ether oxygens (including phenoxy) is 3. The Morgan fingerprint density at radius 2 is 1.90 bits per heavy atom. The zero-order chi connectivity index (χ0) is 33.0. The molecular weight excluding hydrogens is 626 g/mol. The molecule has 48 heavy (non-hydrogen) atoms. The van der Waals surface area contributed by atoms with Gasteiger partial charge in [-0.25, -0.2) is 4.79 Å². The number of rotatable bonds is 13. The number of aryl methyl sites for hydroxylation is 1. The lowest BCUT2D eigenvalue weighted by Gasteiger charge is -2.47. The van der Waals surface area contributed by atoms with E-state index in [1.54, 1.807) is 0 Å². The van der Waals surface area contributed by atoms with E-state index in [1.807, 2.05) is 36.5 Å². The van der Waals surface area contributed by atoms with Crippen molar-refractivity contribution in [3.8, 4) is 5.75 Å². The van der Waals surface area contributed by atoms with Gasteiger partial charge < -0.3 is 24.6 Å². The topological polar surface area (TPSA) is 93.2 Å². The van der Waals surface area contributed by atoms with Gasteiger partial charge in [0.1, 0.15) is 11.3 Å². The normalized spacial score (nSPS) is 25.8. The lowest BCUT2D eigenvalue weighted by Crippen LogP contribution is -2.53. The number of aromatic nitrogens is 1. The van der Waals surface area contributed by atoms with Crippen LogP contribution in [-0.2, 0) is 38.9 Å². The highest BCUT2D eigenvalue weighted by atomic mass is 35.5. The number of halogens is 1. The zero-order valence-electron chi connectivity index (χ0n) is 27.8. The quantitative estimate of drug-likeness (QED) is 0.197. The van der Waals surface area contributed by atoms with Crippen LogP contribution in [0.15, 0.2) is 60.8 Å². The summed E-state index contributed by atoms with van der Waals surface area (Å²) in [5, 5.41) is 14.6. The molecule has 2 fully saturated rings. The summed E-state index contributed by atoms with van der Waals surface area (Å²) in [5.74, 6) is 0.737. The van der Waals surface area contributed by atoms with Gasteiger partial charge >= 0.3 is 5.97 Å². The van der Waals surface area contributed by atoms with Crippen molar-refractivity contribution in [2.75, 3.05) is 58.0 Å². The Hall–Kier alpha value is -3.17. The van der Waals surface area contributed by atoms with Crippen LogP contribution in [0.3, 0.4) is 0 Å². The molecule has 8 nitrogen and oxygen atoms in total. The van der Waals surface area contributed by atoms with E-state index in [1.165, 1.54) is 22.4 Å². The number of nitrogens with one attached hydrogen (secondary N) is 1. The summed E-state index contributed by atoms with van der Waals surface area (Å²) in [6.45, 7) is 6.30. The van der Waals surface area contributed by atoms with Gasteiger partial charge in [0.05, 0.1) is 33.0 Å². The predicted molar refractivity (Wildman–Crippen MR) is 187 cm³/mol. The molecule has 1 spiro atoms. The third-order valence-electron chi connectivity index (χ3n) is 11.5. The molecule has 2 unspecified atom stereocenters. The minimum atomic E-state index is -1.04. The molecule has 2 aromatic carbocycles. The minimum Gasteiger partial charge on any atom is -0.493 e. The Balaban J connectivity index is 1.09. The summed E-state index contributed by atoms with van der Waals surface area (Å²) < 4.78 is 18.5. The van der Waals surface area contributed by atoms with Crippen LogP contribution in [-0.4, -0.2) is 79.2 Å². The maximum Gasteiger partial charge on any atom is 0.329 e. The van der Waals surface area contributed by atoms with Gasteiger partial charge in [0.2, 0.25) is 0 Å². The molecule has 4 aliphatic rings. The molecule has 1 aromatic heterocycles. The van der Waals surface area contributed by atoms with Crippen molar-refractivity contribution in [2.45, 2.75) is 68.7 Å². The fourth-order valence-corrected chi connectivity index (χ4v) is 9.03. The highest BCUT2D eigenvalue weighted by Gasteiger charge is 2.54. The second kappa shape index (κ2) is 14.8. The van der Waals surface area contributed by atoms with Gasteiger partial charge in [0, 0.05) is 53.7 Å². The van der Waals surface area contributed by atoms with Crippen LogP contribution < -0.4 is 10.1 Å². The number of carbonyl (C=O) groups is 1. The van der Waals surface area contributed by atoms with Gasteiger partial charge in [-0.2, -0.15) is 0 Å². The summed E-state index contributed by atoms with van der Waals surface area (Å²) in [6.07, 6.45) is 9.69. The Bertz CT molecular complexity index is 1570. The van der Waals surface area contributed by atoms with Gasteiger partial charge in [-0.05, 0) is 105 Å². The van der Waals surface area contributed by atoms with Gasteiger partial charge in [0.25, 0.3) is 0 Å². The molecule has 2 atom stereocenters. The molecular formula is C39H48ClN3O5. The number of fused-ring (bicyclic) bond motifs is 3. The maximum absolute atomic E-state index is 12.9. The molecule has 1 saturated carbocycles. The van der Waals surface area contributed by atoms with Crippen molar-refractivity contribution in [3.05, 3.63) is 88.2 Å². The number of morpholine rings is 1. The van der Waals surface area contributed by atoms with E-state index in [2.05, 4.69) is 39.5 Å². The smallest absolute Gasteiger partial charge is 0.329 e. The average Bonchev–Trinajstić information content (AvgIpc) is 3.70. The van der Waals surface area contributed by atoms with Gasteiger partial charge in [-0.1, -0.05) is 41.9 Å². The molecule has 256 valence electrons. The monoisotopic (exact) mass is 673 g/mol. The molecule has 2 N–H and O–H groups in total.